The van der Waals surface area contributed by atoms with Gasteiger partial charge < -0.3 is 5.73 Å². The first kappa shape index (κ1) is 15.0. The molecule has 0 aliphatic rings. The Kier molecular flexibility index (Phi) is 4.58. The van der Waals surface area contributed by atoms with Gasteiger partial charge in [-0.15, -0.1) is 0 Å². The van der Waals surface area contributed by atoms with Crippen LogP contribution in [0, 0.1) is 18.8 Å². The van der Waals surface area contributed by atoms with E-state index >= 15 is 0 Å². The van der Waals surface area contributed by atoms with E-state index in [1.165, 1.54) is 12.1 Å². The van der Waals surface area contributed by atoms with Gasteiger partial charge in [-0.25, -0.2) is 13.4 Å². The van der Waals surface area contributed by atoms with Crippen molar-refractivity contribution in [2.24, 2.45) is 5.73 Å². The molecule has 0 spiro atoms. The van der Waals surface area contributed by atoms with E-state index in [9.17, 15) is 8.42 Å². The number of hydrogen-bond acceptors (Lipinski definition) is 4. The predicted molar refractivity (Wildman–Crippen MR) is 82.2 cm³/mol. The predicted octanol–water partition coefficient (Wildman–Crippen LogP) is 1.50. The second-order valence-electron chi connectivity index (χ2n) is 4.36. The van der Waals surface area contributed by atoms with Gasteiger partial charge in [-0.3, -0.25) is 4.72 Å². The van der Waals surface area contributed by atoms with Crippen LogP contribution in [-0.4, -0.2) is 19.9 Å². The lowest BCUT2D eigenvalue weighted by Crippen LogP contribution is -2.14. The maximum absolute atomic E-state index is 12.3. The van der Waals surface area contributed by atoms with Gasteiger partial charge >= 0.3 is 0 Å². The Morgan fingerprint density at radius 2 is 2.10 bits per heavy atom. The molecule has 0 bridgehead atoms. The van der Waals surface area contributed by atoms with Crippen molar-refractivity contribution in [3.8, 4) is 11.8 Å². The fourth-order valence-corrected chi connectivity index (χ4v) is 2.73. The summed E-state index contributed by atoms with van der Waals surface area (Å²) in [6.07, 6.45) is 1.55. The van der Waals surface area contributed by atoms with Crippen molar-refractivity contribution >= 4 is 15.8 Å². The number of nitrogens with one attached hydrogen (secondary N) is 1. The summed E-state index contributed by atoms with van der Waals surface area (Å²) in [6.45, 7) is 2.09. The van der Waals surface area contributed by atoms with Crippen LogP contribution in [-0.2, 0) is 10.0 Å². The molecule has 0 aliphatic heterocycles. The Morgan fingerprint density at radius 3 is 2.81 bits per heavy atom. The fourth-order valence-electron chi connectivity index (χ4n) is 1.68. The highest BCUT2D eigenvalue weighted by Crippen LogP contribution is 2.16. The molecule has 0 unspecified atom stereocenters. The lowest BCUT2D eigenvalue weighted by Gasteiger charge is -2.08. The minimum absolute atomic E-state index is 0.134. The second kappa shape index (κ2) is 6.39. The standard InChI is InChI=1S/C15H15N3O2S/c1-12-7-9-17-15(10-12)18-21(19,20)14-6-2-4-13(11-14)5-3-8-16/h2,4,6-7,9-11H,8,16H2,1H3,(H,17,18). The molecule has 3 N–H and O–H groups in total. The van der Waals surface area contributed by atoms with E-state index < -0.39 is 10.0 Å². The molecule has 1 aromatic carbocycles. The number of rotatable bonds is 3. The number of aromatic nitrogens is 1. The smallest absolute Gasteiger partial charge is 0.263 e. The first-order valence-corrected chi connectivity index (χ1v) is 7.74. The first-order valence-electron chi connectivity index (χ1n) is 6.26. The number of pyridine rings is 1. The van der Waals surface area contributed by atoms with Gasteiger partial charge in [0.15, 0.2) is 0 Å². The summed E-state index contributed by atoms with van der Waals surface area (Å²) in [5.41, 5.74) is 6.82. The average molecular weight is 301 g/mol. The van der Waals surface area contributed by atoms with Crippen LogP contribution in [0.5, 0.6) is 0 Å². The molecule has 108 valence electrons. The van der Waals surface area contributed by atoms with Crippen molar-refractivity contribution in [3.63, 3.8) is 0 Å². The van der Waals surface area contributed by atoms with Crippen LogP contribution >= 0.6 is 0 Å². The molecule has 6 heteroatoms. The van der Waals surface area contributed by atoms with Gasteiger partial charge in [0.05, 0.1) is 11.4 Å². The molecular formula is C15H15N3O2S. The molecule has 0 fully saturated rings. The minimum atomic E-state index is -3.69. The monoisotopic (exact) mass is 301 g/mol. The van der Waals surface area contributed by atoms with E-state index in [-0.39, 0.29) is 17.3 Å². The van der Waals surface area contributed by atoms with Crippen molar-refractivity contribution in [1.29, 1.82) is 0 Å². The largest absolute Gasteiger partial charge is 0.320 e. The molecule has 21 heavy (non-hydrogen) atoms. The van der Waals surface area contributed by atoms with Gasteiger partial charge in [-0.1, -0.05) is 17.9 Å². The van der Waals surface area contributed by atoms with Gasteiger partial charge in [-0.05, 0) is 42.8 Å². The van der Waals surface area contributed by atoms with E-state index in [2.05, 4.69) is 21.5 Å². The van der Waals surface area contributed by atoms with Crippen LogP contribution in [0.25, 0.3) is 0 Å². The maximum atomic E-state index is 12.3. The quantitative estimate of drug-likeness (QED) is 0.841. The van der Waals surface area contributed by atoms with Gasteiger partial charge in [0.25, 0.3) is 10.0 Å². The number of anilines is 1. The number of sulfonamides is 1. The van der Waals surface area contributed by atoms with Crippen LogP contribution in [0.2, 0.25) is 0 Å². The zero-order valence-corrected chi connectivity index (χ0v) is 12.3. The summed E-state index contributed by atoms with van der Waals surface area (Å²) in [7, 11) is -3.69. The van der Waals surface area contributed by atoms with Crippen molar-refractivity contribution in [3.05, 3.63) is 53.7 Å². The van der Waals surface area contributed by atoms with E-state index in [0.717, 1.165) is 5.56 Å². The van der Waals surface area contributed by atoms with Crippen molar-refractivity contribution < 1.29 is 8.42 Å². The molecule has 0 saturated carbocycles. The summed E-state index contributed by atoms with van der Waals surface area (Å²) in [5.74, 6) is 5.78. The minimum Gasteiger partial charge on any atom is -0.320 e. The third-order valence-corrected chi connectivity index (χ3v) is 3.99. The summed E-state index contributed by atoms with van der Waals surface area (Å²) < 4.78 is 27.1. The fraction of sp³-hybridized carbons (Fsp3) is 0.133. The Balaban J connectivity index is 2.31. The van der Waals surface area contributed by atoms with Crippen molar-refractivity contribution in [1.82, 2.24) is 4.98 Å². The van der Waals surface area contributed by atoms with Crippen LogP contribution in [0.4, 0.5) is 5.82 Å². The van der Waals surface area contributed by atoms with E-state index in [1.54, 1.807) is 30.5 Å². The number of aryl methyl sites for hydroxylation is 1. The summed E-state index contributed by atoms with van der Waals surface area (Å²) in [4.78, 5) is 4.12. The molecule has 0 saturated heterocycles. The average Bonchev–Trinajstić information content (AvgIpc) is 2.45. The highest BCUT2D eigenvalue weighted by molar-refractivity contribution is 7.92. The number of nitrogens with two attached hydrogens (primary N) is 1. The molecule has 1 heterocycles. The molecule has 0 radical (unpaired) electrons. The highest BCUT2D eigenvalue weighted by atomic mass is 32.2. The molecule has 0 amide bonds. The Hall–Kier alpha value is -2.36. The van der Waals surface area contributed by atoms with Crippen LogP contribution in [0.1, 0.15) is 11.1 Å². The van der Waals surface area contributed by atoms with Crippen LogP contribution in [0.15, 0.2) is 47.5 Å². The molecular weight excluding hydrogens is 286 g/mol. The maximum Gasteiger partial charge on any atom is 0.263 e. The zero-order valence-electron chi connectivity index (χ0n) is 11.5. The van der Waals surface area contributed by atoms with E-state index in [4.69, 9.17) is 5.73 Å². The Labute approximate surface area is 124 Å². The van der Waals surface area contributed by atoms with Crippen molar-refractivity contribution in [2.75, 3.05) is 11.3 Å². The van der Waals surface area contributed by atoms with Gasteiger partial charge in [-0.2, -0.15) is 0 Å². The molecule has 2 aromatic rings. The summed E-state index contributed by atoms with van der Waals surface area (Å²) >= 11 is 0. The van der Waals surface area contributed by atoms with E-state index in [0.29, 0.717) is 5.56 Å². The molecule has 0 aliphatic carbocycles. The number of benzene rings is 1. The Morgan fingerprint density at radius 1 is 1.29 bits per heavy atom. The summed E-state index contributed by atoms with van der Waals surface area (Å²) in [6, 6.07) is 9.83. The molecule has 2 rings (SSSR count). The van der Waals surface area contributed by atoms with Crippen LogP contribution in [0.3, 0.4) is 0 Å². The van der Waals surface area contributed by atoms with E-state index in [1.807, 2.05) is 6.92 Å². The zero-order chi connectivity index (χ0) is 15.3. The van der Waals surface area contributed by atoms with Gasteiger partial charge in [0.1, 0.15) is 5.82 Å². The first-order chi connectivity index (χ1) is 10.0. The topological polar surface area (TPSA) is 85.1 Å². The lowest BCUT2D eigenvalue weighted by molar-refractivity contribution is 0.601. The third-order valence-electron chi connectivity index (χ3n) is 2.63. The second-order valence-corrected chi connectivity index (χ2v) is 6.04. The van der Waals surface area contributed by atoms with Crippen LogP contribution < -0.4 is 10.5 Å². The van der Waals surface area contributed by atoms with Gasteiger partial charge in [0, 0.05) is 11.8 Å². The molecule has 5 nitrogen and oxygen atoms in total. The third kappa shape index (κ3) is 4.05. The number of nitrogens with zero attached hydrogens (tertiary/aromatic N) is 1. The molecule has 1 aromatic heterocycles. The Bertz CT molecular complexity index is 805. The summed E-state index contributed by atoms with van der Waals surface area (Å²) in [5, 5.41) is 0. The number of hydrogen-bond donors (Lipinski definition) is 2. The molecule has 0 atom stereocenters. The highest BCUT2D eigenvalue weighted by Gasteiger charge is 2.15. The lowest BCUT2D eigenvalue weighted by atomic mass is 10.2. The van der Waals surface area contributed by atoms with Crippen molar-refractivity contribution in [2.45, 2.75) is 11.8 Å². The normalized spacial score (nSPS) is 10.6. The van der Waals surface area contributed by atoms with Gasteiger partial charge in [0.2, 0.25) is 0 Å². The SMILES string of the molecule is Cc1ccnc(NS(=O)(=O)c2cccc(C#CCN)c2)c1.